The van der Waals surface area contributed by atoms with E-state index in [1.54, 1.807) is 0 Å². The van der Waals surface area contributed by atoms with Crippen LogP contribution in [-0.2, 0) is 23.5 Å². The molecular weight excluding hydrogens is 902 g/mol. The van der Waals surface area contributed by atoms with Crippen LogP contribution in [-0.4, -0.2) is 47.0 Å². The monoisotopic (exact) mass is 1030 g/mol. The number of ketones is 1. The quantitative estimate of drug-likeness (QED) is 0.0409. The van der Waals surface area contributed by atoms with Gasteiger partial charge in [0.25, 0.3) is 0 Å². The predicted molar refractivity (Wildman–Crippen MR) is 316 cm³/mol. The van der Waals surface area contributed by atoms with E-state index in [2.05, 4.69) is 53.8 Å². The van der Waals surface area contributed by atoms with Crippen LogP contribution in [0.4, 0.5) is 0 Å². The molecule has 1 unspecified atom stereocenters. The number of hydrogen-bond donors (Lipinski definition) is 3. The van der Waals surface area contributed by atoms with Crippen LogP contribution in [0.3, 0.4) is 0 Å². The van der Waals surface area contributed by atoms with Crippen molar-refractivity contribution >= 4 is 25.3 Å². The number of rotatable bonds is 44. The van der Waals surface area contributed by atoms with E-state index in [0.29, 0.717) is 50.5 Å². The predicted octanol–water partition coefficient (Wildman–Crippen LogP) is 21.2. The van der Waals surface area contributed by atoms with Crippen molar-refractivity contribution in [3.8, 4) is 0 Å². The van der Waals surface area contributed by atoms with Gasteiger partial charge in [0, 0.05) is 31.2 Å². The van der Waals surface area contributed by atoms with Crippen molar-refractivity contribution in [2.75, 3.05) is 19.3 Å². The Morgan fingerprint density at radius 2 is 0.775 bits per heavy atom. The second-order valence-electron chi connectivity index (χ2n) is 21.3. The summed E-state index contributed by atoms with van der Waals surface area (Å²) in [5.41, 5.74) is 0.0724. The molecule has 432 valence electrons. The molecular formula is C62H132NO7P. The number of carbonyl (C=O) groups is 3. The number of Topliss-reactive ketones (excluding diaryl/α,β-unsaturated/α-hetero) is 1. The van der Waals surface area contributed by atoms with Gasteiger partial charge in [0.15, 0.2) is 0 Å². The number of amides is 1. The minimum atomic E-state index is -3.64. The molecule has 1 amide bonds. The van der Waals surface area contributed by atoms with Gasteiger partial charge in [0.2, 0.25) is 5.91 Å². The molecule has 8 nitrogen and oxygen atoms in total. The van der Waals surface area contributed by atoms with E-state index in [-0.39, 0.29) is 24.5 Å². The van der Waals surface area contributed by atoms with Crippen LogP contribution in [0.1, 0.15) is 348 Å². The molecule has 9 heteroatoms. The Morgan fingerprint density at radius 3 is 1.04 bits per heavy atom. The first-order chi connectivity index (χ1) is 33.9. The van der Waals surface area contributed by atoms with E-state index in [9.17, 15) is 23.8 Å². The van der Waals surface area contributed by atoms with Gasteiger partial charge in [0.05, 0.1) is 12.8 Å². The number of aliphatic carboxylic acids is 1. The van der Waals surface area contributed by atoms with Crippen LogP contribution >= 0.6 is 7.60 Å². The van der Waals surface area contributed by atoms with E-state index < -0.39 is 19.0 Å². The molecule has 1 atom stereocenters. The topological polar surface area (TPSA) is 130 Å². The van der Waals surface area contributed by atoms with E-state index in [4.69, 9.17) is 9.63 Å². The summed E-state index contributed by atoms with van der Waals surface area (Å²) >= 11 is 0. The highest BCUT2D eigenvalue weighted by molar-refractivity contribution is 7.52. The van der Waals surface area contributed by atoms with Gasteiger partial charge in [-0.2, -0.15) is 0 Å². The third kappa shape index (κ3) is 73.1. The molecule has 71 heavy (non-hydrogen) atoms. The number of carboxylic acid groups (broad SMARTS) is 1. The van der Waals surface area contributed by atoms with Gasteiger partial charge in [-0.3, -0.25) is 18.9 Å². The van der Waals surface area contributed by atoms with Gasteiger partial charge in [-0.05, 0) is 43.4 Å². The van der Waals surface area contributed by atoms with Crippen LogP contribution in [0, 0.1) is 16.7 Å². The average Bonchev–Trinajstić information content (AvgIpc) is 3.34. The van der Waals surface area contributed by atoms with Crippen LogP contribution in [0.15, 0.2) is 0 Å². The first kappa shape index (κ1) is 81.1. The largest absolute Gasteiger partial charge is 0.481 e. The van der Waals surface area contributed by atoms with E-state index >= 15 is 0 Å². The van der Waals surface area contributed by atoms with E-state index in [1.807, 2.05) is 62.3 Å². The van der Waals surface area contributed by atoms with Crippen molar-refractivity contribution in [2.45, 2.75) is 348 Å². The highest BCUT2D eigenvalue weighted by Gasteiger charge is 2.22. The Kier molecular flexibility index (Phi) is 72.0. The van der Waals surface area contributed by atoms with Crippen LogP contribution in [0.2, 0.25) is 0 Å². The van der Waals surface area contributed by atoms with Gasteiger partial charge in [-0.1, -0.05) is 297 Å². The van der Waals surface area contributed by atoms with Crippen LogP contribution in [0.5, 0.6) is 0 Å². The maximum Gasteiger partial charge on any atom is 0.328 e. The van der Waals surface area contributed by atoms with Crippen molar-refractivity contribution in [1.82, 2.24) is 5.32 Å². The Labute approximate surface area is 446 Å². The second-order valence-corrected chi connectivity index (χ2v) is 23.3. The smallest absolute Gasteiger partial charge is 0.328 e. The van der Waals surface area contributed by atoms with Gasteiger partial charge < -0.3 is 19.8 Å². The van der Waals surface area contributed by atoms with E-state index in [1.165, 1.54) is 173 Å². The Balaban J connectivity index is -0.000000258. The van der Waals surface area contributed by atoms with Crippen molar-refractivity contribution < 1.29 is 33.5 Å². The van der Waals surface area contributed by atoms with Crippen molar-refractivity contribution in [1.29, 1.82) is 0 Å². The summed E-state index contributed by atoms with van der Waals surface area (Å²) in [5, 5.41) is 11.3. The fraction of sp³-hybridized carbons (Fsp3) is 0.952. The summed E-state index contributed by atoms with van der Waals surface area (Å²) in [6.45, 7) is 34.0. The summed E-state index contributed by atoms with van der Waals surface area (Å²) < 4.78 is 17.2. The summed E-state index contributed by atoms with van der Waals surface area (Å²) in [5.74, 6) is 0.374. The maximum atomic E-state index is 12.1. The maximum absolute atomic E-state index is 12.1. The Hall–Kier alpha value is -1.24. The zero-order chi connectivity index (χ0) is 55.5. The standard InChI is InChI=1S/C30H60NO5P.C18H36O2.C8H18.3C2H6/c1-5-6-7-8-9-10-11-12-13-14-15-16-17-18-19-23-28(32)24-20-21-26-36-37(34,35)27-22-25-31-29(33)30(2,3)4;1-2-3-4-5-6-7-8-9-10-11-12-13-14-15-16-17-18(19)20;1-6-8(4,5)7(2)3;3*1-2/h5-27H2,1-4H3,(H,31,33)(H,34,35);2-17H2,1H3,(H,19,20);7H,6H2,1-5H3;3*1-2H3. The molecule has 0 fully saturated rings. The Morgan fingerprint density at radius 1 is 0.479 bits per heavy atom. The molecule has 3 N–H and O–H groups in total. The summed E-state index contributed by atoms with van der Waals surface area (Å²) in [6.07, 6.45) is 44.2. The van der Waals surface area contributed by atoms with Gasteiger partial charge >= 0.3 is 13.6 Å². The Bertz CT molecular complexity index is 1100. The third-order valence-corrected chi connectivity index (χ3v) is 14.7. The SMILES string of the molecule is CC.CC.CC.CCC(C)(C)C(C)C.CCCCCCCCCCCCCCCCCC(=O)CCCCOP(=O)(O)CCCNC(=O)C(C)(C)C.CCCCCCCCCCCCCCCCCC(=O)O. The minimum Gasteiger partial charge on any atom is -0.481 e. The molecule has 0 spiro atoms. The molecule has 0 aromatic rings. The number of carbonyl (C=O) groups excluding carboxylic acids is 2. The van der Waals surface area contributed by atoms with Gasteiger partial charge in [0.1, 0.15) is 5.78 Å². The molecule has 0 aliphatic rings. The first-order valence-corrected chi connectivity index (χ1v) is 32.6. The summed E-state index contributed by atoms with van der Waals surface area (Å²) in [6, 6.07) is 0. The van der Waals surface area contributed by atoms with Crippen molar-refractivity contribution in [3.05, 3.63) is 0 Å². The summed E-state index contributed by atoms with van der Waals surface area (Å²) in [7, 11) is -3.64. The fourth-order valence-corrected chi connectivity index (χ4v) is 8.42. The van der Waals surface area contributed by atoms with Crippen molar-refractivity contribution in [3.63, 3.8) is 0 Å². The lowest BCUT2D eigenvalue weighted by molar-refractivity contribution is -0.137. The first-order valence-electron chi connectivity index (χ1n) is 30.8. The zero-order valence-electron chi connectivity index (χ0n) is 51.2. The summed E-state index contributed by atoms with van der Waals surface area (Å²) in [4.78, 5) is 44.1. The van der Waals surface area contributed by atoms with Gasteiger partial charge in [-0.15, -0.1) is 0 Å². The van der Waals surface area contributed by atoms with Crippen LogP contribution in [0.25, 0.3) is 0 Å². The van der Waals surface area contributed by atoms with E-state index in [0.717, 1.165) is 31.6 Å². The molecule has 0 saturated heterocycles. The lowest BCUT2D eigenvalue weighted by Crippen LogP contribution is -2.35. The van der Waals surface area contributed by atoms with Gasteiger partial charge in [-0.25, -0.2) is 0 Å². The molecule has 0 rings (SSSR count). The number of hydrogen-bond acceptors (Lipinski definition) is 5. The number of carboxylic acids is 1. The lowest BCUT2D eigenvalue weighted by atomic mass is 9.79. The molecule has 0 aromatic heterocycles. The fourth-order valence-electron chi connectivity index (χ4n) is 7.32. The molecule has 0 saturated carbocycles. The second kappa shape index (κ2) is 63.1. The molecule has 0 bridgehead atoms. The van der Waals surface area contributed by atoms with Crippen LogP contribution < -0.4 is 5.32 Å². The zero-order valence-corrected chi connectivity index (χ0v) is 52.1. The molecule has 0 radical (unpaired) electrons. The van der Waals surface area contributed by atoms with Crippen molar-refractivity contribution in [2.24, 2.45) is 16.7 Å². The lowest BCUT2D eigenvalue weighted by Gasteiger charge is -2.27. The molecule has 0 aromatic carbocycles. The average molecular weight is 1030 g/mol. The number of nitrogens with one attached hydrogen (secondary N) is 1. The minimum absolute atomic E-state index is 0.0234. The molecule has 0 heterocycles. The molecule has 0 aliphatic carbocycles. The highest BCUT2D eigenvalue weighted by atomic mass is 31.2. The molecule has 0 aliphatic heterocycles. The number of unbranched alkanes of at least 4 members (excludes halogenated alkanes) is 29. The third-order valence-electron chi connectivity index (χ3n) is 13.3. The highest BCUT2D eigenvalue weighted by Crippen LogP contribution is 2.42. The normalized spacial score (nSPS) is 11.7.